The lowest BCUT2D eigenvalue weighted by Crippen LogP contribution is -2.25. The van der Waals surface area contributed by atoms with Crippen LogP contribution < -0.4 is 4.72 Å². The van der Waals surface area contributed by atoms with Crippen LogP contribution in [0.15, 0.2) is 23.6 Å². The summed E-state index contributed by atoms with van der Waals surface area (Å²) in [6, 6.07) is 5.33. The summed E-state index contributed by atoms with van der Waals surface area (Å²) in [6.07, 6.45) is 1.42. The van der Waals surface area contributed by atoms with Crippen LogP contribution in [0.1, 0.15) is 18.1 Å². The second kappa shape index (κ2) is 5.33. The van der Waals surface area contributed by atoms with Gasteiger partial charge in [-0.3, -0.25) is 10.1 Å². The third-order valence-corrected chi connectivity index (χ3v) is 3.39. The van der Waals surface area contributed by atoms with Crippen molar-refractivity contribution in [3.63, 3.8) is 0 Å². The summed E-state index contributed by atoms with van der Waals surface area (Å²) < 4.78 is 25.0. The highest BCUT2D eigenvalue weighted by molar-refractivity contribution is 7.93. The first kappa shape index (κ1) is 13.7. The molecular formula is C11H13ClN2O2S. The van der Waals surface area contributed by atoms with Gasteiger partial charge in [0.05, 0.1) is 5.41 Å². The number of nitrogens with one attached hydrogen (secondary N) is 2. The fourth-order valence-electron chi connectivity index (χ4n) is 1.26. The Morgan fingerprint density at radius 2 is 2.12 bits per heavy atom. The topological polar surface area (TPSA) is 70.0 Å². The van der Waals surface area contributed by atoms with E-state index in [4.69, 9.17) is 17.0 Å². The Bertz CT molecular complexity index is 545. The fourth-order valence-corrected chi connectivity index (χ4v) is 2.36. The van der Waals surface area contributed by atoms with Crippen molar-refractivity contribution in [2.75, 3.05) is 0 Å². The highest BCUT2D eigenvalue weighted by atomic mass is 35.5. The summed E-state index contributed by atoms with van der Waals surface area (Å²) in [6.45, 7) is 3.19. The third kappa shape index (κ3) is 4.20. The molecule has 6 heteroatoms. The minimum absolute atomic E-state index is 0.134. The molecule has 4 nitrogen and oxygen atoms in total. The van der Waals surface area contributed by atoms with Gasteiger partial charge in [-0.1, -0.05) is 23.7 Å². The van der Waals surface area contributed by atoms with E-state index in [0.717, 1.165) is 11.0 Å². The van der Waals surface area contributed by atoms with Crippen molar-refractivity contribution in [2.24, 2.45) is 0 Å². The highest BCUT2D eigenvalue weighted by Gasteiger charge is 2.06. The molecule has 0 heterocycles. The molecule has 0 saturated carbocycles. The van der Waals surface area contributed by atoms with Gasteiger partial charge < -0.3 is 0 Å². The fraction of sp³-hybridized carbons (Fsp3) is 0.182. The van der Waals surface area contributed by atoms with E-state index in [1.54, 1.807) is 12.1 Å². The molecule has 0 radical (unpaired) electrons. The molecule has 0 fully saturated rings. The van der Waals surface area contributed by atoms with Crippen molar-refractivity contribution in [3.8, 4) is 0 Å². The van der Waals surface area contributed by atoms with Gasteiger partial charge in [-0.25, -0.2) is 8.42 Å². The highest BCUT2D eigenvalue weighted by Crippen LogP contribution is 2.21. The van der Waals surface area contributed by atoms with E-state index in [-0.39, 0.29) is 5.84 Å². The predicted octanol–water partition coefficient (Wildman–Crippen LogP) is 2.54. The summed E-state index contributed by atoms with van der Waals surface area (Å²) in [7, 11) is -3.63. The summed E-state index contributed by atoms with van der Waals surface area (Å²) in [4.78, 5) is 0. The van der Waals surface area contributed by atoms with Crippen molar-refractivity contribution < 1.29 is 8.42 Å². The Labute approximate surface area is 106 Å². The van der Waals surface area contributed by atoms with Crippen LogP contribution in [0.3, 0.4) is 0 Å². The average Bonchev–Trinajstić information content (AvgIpc) is 2.14. The zero-order valence-electron chi connectivity index (χ0n) is 9.49. The molecule has 0 amide bonds. The monoisotopic (exact) mass is 272 g/mol. The molecule has 1 aromatic carbocycles. The number of hydrogen-bond donors (Lipinski definition) is 2. The average molecular weight is 273 g/mol. The summed E-state index contributed by atoms with van der Waals surface area (Å²) in [5.41, 5.74) is 1.54. The Morgan fingerprint density at radius 1 is 1.47 bits per heavy atom. The van der Waals surface area contributed by atoms with Crippen LogP contribution >= 0.6 is 11.6 Å². The first-order valence-corrected chi connectivity index (χ1v) is 6.75. The van der Waals surface area contributed by atoms with Gasteiger partial charge in [-0.2, -0.15) is 0 Å². The maximum Gasteiger partial charge on any atom is 0.255 e. The molecular weight excluding hydrogens is 260 g/mol. The normalized spacial score (nSPS) is 11.7. The summed E-state index contributed by atoms with van der Waals surface area (Å²) >= 11 is 5.96. The van der Waals surface area contributed by atoms with Gasteiger partial charge in [-0.15, -0.1) is 0 Å². The Morgan fingerprint density at radius 3 is 2.65 bits per heavy atom. The zero-order chi connectivity index (χ0) is 13.1. The first-order valence-electron chi connectivity index (χ1n) is 4.83. The lowest BCUT2D eigenvalue weighted by atomic mass is 10.1. The standard InChI is InChI=1S/C11H13ClN2O2S/c1-8-4-3-5-11(12)10(8)6-7-17(15,16)14-9(2)13/h3-7H,1-2H3,(H2,13,14)/b7-6+. The molecule has 0 aliphatic carbocycles. The Hall–Kier alpha value is -1.33. The van der Waals surface area contributed by atoms with Gasteiger partial charge in [0, 0.05) is 5.02 Å². The van der Waals surface area contributed by atoms with Gasteiger partial charge in [0.15, 0.2) is 0 Å². The number of sulfonamides is 1. The maximum atomic E-state index is 11.5. The first-order chi connectivity index (χ1) is 7.82. The van der Waals surface area contributed by atoms with E-state index in [0.29, 0.717) is 10.6 Å². The lowest BCUT2D eigenvalue weighted by molar-refractivity contribution is 0.601. The van der Waals surface area contributed by atoms with Gasteiger partial charge in [-0.05, 0) is 37.1 Å². The van der Waals surface area contributed by atoms with Crippen LogP contribution in [0, 0.1) is 12.3 Å². The molecule has 0 atom stereocenters. The number of halogens is 1. The molecule has 2 N–H and O–H groups in total. The molecule has 0 aromatic heterocycles. The van der Waals surface area contributed by atoms with E-state index >= 15 is 0 Å². The molecule has 0 aliphatic heterocycles. The van der Waals surface area contributed by atoms with E-state index in [2.05, 4.69) is 4.72 Å². The molecule has 17 heavy (non-hydrogen) atoms. The van der Waals surface area contributed by atoms with E-state index < -0.39 is 10.0 Å². The summed E-state index contributed by atoms with van der Waals surface area (Å²) in [5, 5.41) is 8.56. The van der Waals surface area contributed by atoms with Crippen molar-refractivity contribution in [1.29, 1.82) is 5.41 Å². The number of aryl methyl sites for hydroxylation is 1. The van der Waals surface area contributed by atoms with E-state index in [9.17, 15) is 8.42 Å². The Balaban J connectivity index is 3.03. The molecule has 1 rings (SSSR count). The number of amidine groups is 1. The predicted molar refractivity (Wildman–Crippen MR) is 70.7 cm³/mol. The zero-order valence-corrected chi connectivity index (χ0v) is 11.1. The molecule has 0 spiro atoms. The number of rotatable bonds is 3. The minimum atomic E-state index is -3.63. The van der Waals surface area contributed by atoms with Gasteiger partial charge in [0.2, 0.25) is 0 Å². The second-order valence-electron chi connectivity index (χ2n) is 3.55. The smallest absolute Gasteiger partial charge is 0.255 e. The minimum Gasteiger partial charge on any atom is -0.288 e. The van der Waals surface area contributed by atoms with Crippen LogP contribution in [0.5, 0.6) is 0 Å². The van der Waals surface area contributed by atoms with Crippen molar-refractivity contribution in [2.45, 2.75) is 13.8 Å². The maximum absolute atomic E-state index is 11.5. The number of benzene rings is 1. The van der Waals surface area contributed by atoms with Crippen LogP contribution in [-0.4, -0.2) is 14.3 Å². The van der Waals surface area contributed by atoms with E-state index in [1.807, 2.05) is 13.0 Å². The van der Waals surface area contributed by atoms with Crippen molar-refractivity contribution >= 4 is 33.5 Å². The Kier molecular flexibility index (Phi) is 4.31. The van der Waals surface area contributed by atoms with Crippen molar-refractivity contribution in [1.82, 2.24) is 4.72 Å². The van der Waals surface area contributed by atoms with Crippen LogP contribution in [0.2, 0.25) is 5.02 Å². The van der Waals surface area contributed by atoms with Gasteiger partial charge in [0.1, 0.15) is 5.84 Å². The largest absolute Gasteiger partial charge is 0.288 e. The van der Waals surface area contributed by atoms with Crippen LogP contribution in [0.25, 0.3) is 6.08 Å². The van der Waals surface area contributed by atoms with Crippen LogP contribution in [0.4, 0.5) is 0 Å². The number of hydrogen-bond acceptors (Lipinski definition) is 3. The van der Waals surface area contributed by atoms with Crippen molar-refractivity contribution in [3.05, 3.63) is 39.8 Å². The molecule has 0 unspecified atom stereocenters. The van der Waals surface area contributed by atoms with Gasteiger partial charge >= 0.3 is 0 Å². The second-order valence-corrected chi connectivity index (χ2v) is 5.52. The molecule has 0 saturated heterocycles. The molecule has 0 bridgehead atoms. The summed E-state index contributed by atoms with van der Waals surface area (Å²) in [5.74, 6) is -0.134. The SMILES string of the molecule is CC(=N)NS(=O)(=O)/C=C/c1c(C)cccc1Cl. The van der Waals surface area contributed by atoms with Crippen LogP contribution in [-0.2, 0) is 10.0 Å². The lowest BCUT2D eigenvalue weighted by Gasteiger charge is -2.03. The molecule has 92 valence electrons. The molecule has 1 aromatic rings. The third-order valence-electron chi connectivity index (χ3n) is 1.98. The quantitative estimate of drug-likeness (QED) is 0.656. The molecule has 0 aliphatic rings. The van der Waals surface area contributed by atoms with E-state index in [1.165, 1.54) is 13.0 Å². The van der Waals surface area contributed by atoms with Gasteiger partial charge in [0.25, 0.3) is 10.0 Å².